The molecule has 2 saturated heterocycles. The van der Waals surface area contributed by atoms with Crippen LogP contribution in [0.25, 0.3) is 0 Å². The van der Waals surface area contributed by atoms with E-state index in [0.29, 0.717) is 22.8 Å². The van der Waals surface area contributed by atoms with Gasteiger partial charge >= 0.3 is 0 Å². The van der Waals surface area contributed by atoms with Crippen LogP contribution in [0.3, 0.4) is 0 Å². The van der Waals surface area contributed by atoms with Gasteiger partial charge in [-0.1, -0.05) is 18.5 Å². The summed E-state index contributed by atoms with van der Waals surface area (Å²) in [6, 6.07) is 0. The molecule has 2 aromatic heterocycles. The Morgan fingerprint density at radius 3 is 2.79 bits per heavy atom. The van der Waals surface area contributed by atoms with Crippen molar-refractivity contribution < 1.29 is 4.79 Å². The van der Waals surface area contributed by atoms with E-state index in [1.54, 1.807) is 17.1 Å². The molecular formula is C19H24ClN7O. The average Bonchev–Trinajstić information content (AvgIpc) is 3.24. The van der Waals surface area contributed by atoms with E-state index in [1.807, 2.05) is 13.2 Å². The molecule has 5 rings (SSSR count). The van der Waals surface area contributed by atoms with Crippen LogP contribution in [0.1, 0.15) is 19.8 Å². The van der Waals surface area contributed by atoms with Crippen LogP contribution in [-0.4, -0.2) is 56.7 Å². The summed E-state index contributed by atoms with van der Waals surface area (Å²) in [7, 11) is 1.86. The smallest absolute Gasteiger partial charge is 0.229 e. The highest BCUT2D eigenvalue weighted by Crippen LogP contribution is 2.46. The highest BCUT2D eigenvalue weighted by Gasteiger charge is 2.52. The minimum Gasteiger partial charge on any atom is -0.354 e. The molecule has 3 aliphatic rings. The molecule has 0 bridgehead atoms. The SMILES string of the molecule is Cn1cc(Nc2ncc(Cl)c(N3C[C@H]4CN(C(=O)C5CC5)C[C@@]4(C)C3)n2)cn1. The van der Waals surface area contributed by atoms with Crippen LogP contribution in [0.4, 0.5) is 17.5 Å². The molecule has 1 N–H and O–H groups in total. The number of anilines is 3. The number of amides is 1. The Bertz CT molecular complexity index is 927. The average molecular weight is 402 g/mol. The zero-order chi connectivity index (χ0) is 19.5. The minimum atomic E-state index is 0.0791. The van der Waals surface area contributed by atoms with Gasteiger partial charge in [0.15, 0.2) is 5.82 Å². The maximum atomic E-state index is 12.5. The van der Waals surface area contributed by atoms with Gasteiger partial charge in [0.05, 0.1) is 18.1 Å². The summed E-state index contributed by atoms with van der Waals surface area (Å²) in [5.41, 5.74) is 0.908. The fourth-order valence-corrected chi connectivity index (χ4v) is 4.72. The van der Waals surface area contributed by atoms with E-state index >= 15 is 0 Å². The quantitative estimate of drug-likeness (QED) is 0.846. The predicted molar refractivity (Wildman–Crippen MR) is 107 cm³/mol. The van der Waals surface area contributed by atoms with E-state index in [9.17, 15) is 4.79 Å². The second-order valence-electron chi connectivity index (χ2n) is 8.62. The highest BCUT2D eigenvalue weighted by atomic mass is 35.5. The van der Waals surface area contributed by atoms with Crippen molar-refractivity contribution in [2.75, 3.05) is 36.4 Å². The van der Waals surface area contributed by atoms with Crippen LogP contribution in [0.15, 0.2) is 18.6 Å². The molecule has 4 heterocycles. The Morgan fingerprint density at radius 1 is 1.29 bits per heavy atom. The Balaban J connectivity index is 1.32. The molecule has 0 spiro atoms. The number of fused-ring (bicyclic) bond motifs is 1. The number of rotatable bonds is 4. The second kappa shape index (κ2) is 6.34. The predicted octanol–water partition coefficient (Wildman–Crippen LogP) is 2.30. The fourth-order valence-electron chi connectivity index (χ4n) is 4.51. The summed E-state index contributed by atoms with van der Waals surface area (Å²) >= 11 is 6.44. The lowest BCUT2D eigenvalue weighted by molar-refractivity contribution is -0.131. The highest BCUT2D eigenvalue weighted by molar-refractivity contribution is 6.32. The molecule has 9 heteroatoms. The number of nitrogens with one attached hydrogen (secondary N) is 1. The van der Waals surface area contributed by atoms with Crippen molar-refractivity contribution in [3.63, 3.8) is 0 Å². The molecule has 2 aromatic rings. The molecule has 2 atom stereocenters. The van der Waals surface area contributed by atoms with E-state index in [0.717, 1.165) is 50.5 Å². The first kappa shape index (κ1) is 17.7. The molecule has 148 valence electrons. The van der Waals surface area contributed by atoms with Crippen molar-refractivity contribution in [1.29, 1.82) is 0 Å². The summed E-state index contributed by atoms with van der Waals surface area (Å²) in [5.74, 6) is 2.33. The van der Waals surface area contributed by atoms with Gasteiger partial charge in [-0.15, -0.1) is 0 Å². The number of likely N-dealkylation sites (tertiary alicyclic amines) is 1. The number of carbonyl (C=O) groups is 1. The Hall–Kier alpha value is -2.35. The van der Waals surface area contributed by atoms with Crippen LogP contribution in [0.2, 0.25) is 5.02 Å². The summed E-state index contributed by atoms with van der Waals surface area (Å²) in [6.07, 6.45) is 7.36. The van der Waals surface area contributed by atoms with Crippen LogP contribution in [-0.2, 0) is 11.8 Å². The second-order valence-corrected chi connectivity index (χ2v) is 9.02. The van der Waals surface area contributed by atoms with Crippen molar-refractivity contribution in [1.82, 2.24) is 24.6 Å². The first-order valence-electron chi connectivity index (χ1n) is 9.73. The first-order valence-corrected chi connectivity index (χ1v) is 10.1. The molecule has 1 aliphatic carbocycles. The standard InChI is InChI=1S/C19H24ClN7O/c1-19-10-26(7-13(19)8-27(11-19)17(28)12-3-4-12)16-15(20)6-21-18(24-16)23-14-5-22-25(2)9-14/h5-6,9,12-13H,3-4,7-8,10-11H2,1-2H3,(H,21,23,24)/t13-,19+/m0/s1. The molecule has 2 aliphatic heterocycles. The third-order valence-electron chi connectivity index (χ3n) is 6.20. The van der Waals surface area contributed by atoms with Gasteiger partial charge in [-0.2, -0.15) is 10.1 Å². The van der Waals surface area contributed by atoms with Crippen LogP contribution in [0, 0.1) is 17.3 Å². The van der Waals surface area contributed by atoms with E-state index in [4.69, 9.17) is 11.6 Å². The van der Waals surface area contributed by atoms with Gasteiger partial charge in [0, 0.05) is 56.7 Å². The van der Waals surface area contributed by atoms with Crippen molar-refractivity contribution >= 4 is 35.0 Å². The van der Waals surface area contributed by atoms with E-state index in [1.165, 1.54) is 0 Å². The van der Waals surface area contributed by atoms with Gasteiger partial charge in [-0.3, -0.25) is 9.48 Å². The number of hydrogen-bond donors (Lipinski definition) is 1. The Labute approximate surface area is 168 Å². The molecule has 8 nitrogen and oxygen atoms in total. The van der Waals surface area contributed by atoms with Gasteiger partial charge in [0.2, 0.25) is 11.9 Å². The van der Waals surface area contributed by atoms with Crippen LogP contribution < -0.4 is 10.2 Å². The third kappa shape index (κ3) is 3.09. The van der Waals surface area contributed by atoms with E-state index in [-0.39, 0.29) is 11.3 Å². The minimum absolute atomic E-state index is 0.0791. The number of hydrogen-bond acceptors (Lipinski definition) is 6. The van der Waals surface area contributed by atoms with Crippen LogP contribution in [0.5, 0.6) is 0 Å². The number of nitrogens with zero attached hydrogens (tertiary/aromatic N) is 6. The molecule has 1 amide bonds. The summed E-state index contributed by atoms with van der Waals surface area (Å²) in [5, 5.41) is 7.87. The first-order chi connectivity index (χ1) is 13.4. The van der Waals surface area contributed by atoms with Gasteiger partial charge in [0.1, 0.15) is 5.02 Å². The van der Waals surface area contributed by atoms with Crippen LogP contribution >= 0.6 is 11.6 Å². The number of aryl methyl sites for hydroxylation is 1. The number of aromatic nitrogens is 4. The van der Waals surface area contributed by atoms with E-state index < -0.39 is 0 Å². The molecule has 1 saturated carbocycles. The Kier molecular flexibility index (Phi) is 4.01. The largest absolute Gasteiger partial charge is 0.354 e. The fraction of sp³-hybridized carbons (Fsp3) is 0.579. The molecular weight excluding hydrogens is 378 g/mol. The normalized spacial score (nSPS) is 26.6. The lowest BCUT2D eigenvalue weighted by atomic mass is 9.83. The van der Waals surface area contributed by atoms with Gasteiger partial charge in [0.25, 0.3) is 0 Å². The molecule has 28 heavy (non-hydrogen) atoms. The van der Waals surface area contributed by atoms with Crippen molar-refractivity contribution in [2.45, 2.75) is 19.8 Å². The lowest BCUT2D eigenvalue weighted by Gasteiger charge is -2.26. The maximum absolute atomic E-state index is 12.5. The lowest BCUT2D eigenvalue weighted by Crippen LogP contribution is -2.36. The third-order valence-corrected chi connectivity index (χ3v) is 6.46. The summed E-state index contributed by atoms with van der Waals surface area (Å²) < 4.78 is 1.72. The monoisotopic (exact) mass is 401 g/mol. The van der Waals surface area contributed by atoms with Gasteiger partial charge in [-0.05, 0) is 12.8 Å². The van der Waals surface area contributed by atoms with Crippen molar-refractivity contribution in [2.24, 2.45) is 24.3 Å². The zero-order valence-electron chi connectivity index (χ0n) is 16.1. The van der Waals surface area contributed by atoms with Crippen molar-refractivity contribution in [3.05, 3.63) is 23.6 Å². The number of carbonyl (C=O) groups excluding carboxylic acids is 1. The van der Waals surface area contributed by atoms with Gasteiger partial charge in [-0.25, -0.2) is 4.98 Å². The van der Waals surface area contributed by atoms with Gasteiger partial charge < -0.3 is 15.1 Å². The van der Waals surface area contributed by atoms with E-state index in [2.05, 4.69) is 37.1 Å². The molecule has 0 radical (unpaired) electrons. The zero-order valence-corrected chi connectivity index (χ0v) is 16.9. The molecule has 3 fully saturated rings. The molecule has 0 aromatic carbocycles. The number of halogens is 1. The topological polar surface area (TPSA) is 79.2 Å². The maximum Gasteiger partial charge on any atom is 0.229 e. The molecule has 0 unspecified atom stereocenters. The summed E-state index contributed by atoms with van der Waals surface area (Å²) in [4.78, 5) is 25.7. The Morgan fingerprint density at radius 2 is 2.11 bits per heavy atom. The summed E-state index contributed by atoms with van der Waals surface area (Å²) in [6.45, 7) is 5.64. The van der Waals surface area contributed by atoms with Crippen molar-refractivity contribution in [3.8, 4) is 0 Å².